The molecule has 2 aromatic carbocycles. The second-order valence-corrected chi connectivity index (χ2v) is 6.91. The van der Waals surface area contributed by atoms with Crippen LogP contribution in [0.3, 0.4) is 0 Å². The molecule has 1 heterocycles. The van der Waals surface area contributed by atoms with Crippen molar-refractivity contribution in [2.75, 3.05) is 0 Å². The van der Waals surface area contributed by atoms with Gasteiger partial charge in [0, 0.05) is 30.0 Å². The summed E-state index contributed by atoms with van der Waals surface area (Å²) in [6.07, 6.45) is 1.64. The van der Waals surface area contributed by atoms with E-state index in [9.17, 15) is 13.6 Å². The number of rotatable bonds is 6. The summed E-state index contributed by atoms with van der Waals surface area (Å²) in [5.74, 6) is -1.14. The summed E-state index contributed by atoms with van der Waals surface area (Å²) in [6.45, 7) is 1.53. The largest absolute Gasteiger partial charge is 0.312 e. The maximum Gasteiger partial charge on any atom is 0.271 e. The smallest absolute Gasteiger partial charge is 0.271 e. The van der Waals surface area contributed by atoms with Gasteiger partial charge >= 0.3 is 0 Å². The maximum atomic E-state index is 13.7. The van der Waals surface area contributed by atoms with Gasteiger partial charge < -0.3 is 4.57 Å². The van der Waals surface area contributed by atoms with Crippen LogP contribution in [-0.4, -0.2) is 26.4 Å². The molecule has 0 fully saturated rings. The highest BCUT2D eigenvalue weighted by atomic mass is 32.2. The van der Waals surface area contributed by atoms with E-state index < -0.39 is 17.5 Å². The monoisotopic (exact) mass is 401 g/mol. The Labute approximate surface area is 164 Å². The molecule has 1 N–H and O–H groups in total. The van der Waals surface area contributed by atoms with E-state index in [1.165, 1.54) is 24.8 Å². The number of carbonyl (C=O) groups is 1. The van der Waals surface area contributed by atoms with Gasteiger partial charge in [0.2, 0.25) is 0 Å². The molecule has 0 aliphatic rings. The van der Waals surface area contributed by atoms with Crippen molar-refractivity contribution in [2.24, 2.45) is 12.1 Å². The van der Waals surface area contributed by atoms with E-state index >= 15 is 0 Å². The molecule has 6 nitrogen and oxygen atoms in total. The van der Waals surface area contributed by atoms with Crippen LogP contribution in [0.4, 0.5) is 8.78 Å². The molecular formula is C19H17F2N5OS. The Morgan fingerprint density at radius 1 is 1.21 bits per heavy atom. The summed E-state index contributed by atoms with van der Waals surface area (Å²) in [5.41, 5.74) is 4.19. The van der Waals surface area contributed by atoms with Crippen molar-refractivity contribution in [3.63, 3.8) is 0 Å². The minimum absolute atomic E-state index is 0.123. The molecule has 144 valence electrons. The number of aromatic nitrogens is 3. The van der Waals surface area contributed by atoms with Gasteiger partial charge in [-0.25, -0.2) is 14.2 Å². The summed E-state index contributed by atoms with van der Waals surface area (Å²) in [5, 5.41) is 12.5. The molecule has 0 unspecified atom stereocenters. The van der Waals surface area contributed by atoms with Gasteiger partial charge in [-0.2, -0.15) is 5.10 Å². The van der Waals surface area contributed by atoms with E-state index in [0.29, 0.717) is 11.3 Å². The topological polar surface area (TPSA) is 72.2 Å². The van der Waals surface area contributed by atoms with E-state index in [-0.39, 0.29) is 11.3 Å². The lowest BCUT2D eigenvalue weighted by Crippen LogP contribution is -2.19. The lowest BCUT2D eigenvalue weighted by molar-refractivity contribution is 0.0955. The number of amides is 1. The van der Waals surface area contributed by atoms with Crippen LogP contribution >= 0.6 is 11.8 Å². The number of hydrogen-bond acceptors (Lipinski definition) is 5. The van der Waals surface area contributed by atoms with E-state index in [0.717, 1.165) is 22.9 Å². The molecule has 0 bridgehead atoms. The summed E-state index contributed by atoms with van der Waals surface area (Å²) in [4.78, 5) is 12.2. The molecule has 0 aliphatic heterocycles. The maximum absolute atomic E-state index is 13.7. The fraction of sp³-hybridized carbons (Fsp3) is 0.158. The number of nitrogens with zero attached hydrogens (tertiary/aromatic N) is 4. The number of hydrazone groups is 1. The van der Waals surface area contributed by atoms with Crippen molar-refractivity contribution in [3.8, 4) is 0 Å². The normalized spacial score (nSPS) is 11.5. The van der Waals surface area contributed by atoms with E-state index in [1.54, 1.807) is 18.5 Å². The number of nitrogens with one attached hydrogen (secondary N) is 1. The van der Waals surface area contributed by atoms with Crippen LogP contribution in [0.15, 0.2) is 59.0 Å². The molecule has 9 heteroatoms. The average molecular weight is 401 g/mol. The highest BCUT2D eigenvalue weighted by Crippen LogP contribution is 2.20. The number of hydrogen-bond donors (Lipinski definition) is 1. The predicted molar refractivity (Wildman–Crippen MR) is 103 cm³/mol. The summed E-state index contributed by atoms with van der Waals surface area (Å²) < 4.78 is 28.6. The molecule has 0 atom stereocenters. The van der Waals surface area contributed by atoms with Gasteiger partial charge in [0.05, 0.1) is 5.71 Å². The minimum atomic E-state index is -0.736. The van der Waals surface area contributed by atoms with Gasteiger partial charge in [-0.1, -0.05) is 23.9 Å². The molecule has 1 amide bonds. The van der Waals surface area contributed by atoms with E-state index in [2.05, 4.69) is 20.7 Å². The van der Waals surface area contributed by atoms with Crippen LogP contribution in [0.1, 0.15) is 28.4 Å². The van der Waals surface area contributed by atoms with Gasteiger partial charge in [0.1, 0.15) is 18.0 Å². The highest BCUT2D eigenvalue weighted by molar-refractivity contribution is 7.98. The zero-order chi connectivity index (χ0) is 20.1. The van der Waals surface area contributed by atoms with Crippen molar-refractivity contribution in [3.05, 3.63) is 77.1 Å². The second-order valence-electron chi connectivity index (χ2n) is 5.97. The molecule has 0 aliphatic carbocycles. The molecule has 1 aromatic heterocycles. The first-order valence-corrected chi connectivity index (χ1v) is 9.28. The lowest BCUT2D eigenvalue weighted by Gasteiger charge is -2.05. The standard InChI is InChI=1S/C19H17F2N5OS/c1-12(16-8-7-15(20)9-17(16)21)23-24-18(27)14-5-3-13(4-6-14)10-28-19-25-22-11-26(19)2/h3-9,11H,10H2,1-2H3,(H,24,27)/b23-12-. The van der Waals surface area contributed by atoms with Crippen LogP contribution in [0.2, 0.25) is 0 Å². The van der Waals surface area contributed by atoms with Gasteiger partial charge in [-0.15, -0.1) is 10.2 Å². The Balaban J connectivity index is 1.60. The quantitative estimate of drug-likeness (QED) is 0.390. The Hall–Kier alpha value is -3.07. The molecule has 0 radical (unpaired) electrons. The molecule has 0 saturated heterocycles. The third-order valence-electron chi connectivity index (χ3n) is 3.90. The number of halogens is 2. The van der Waals surface area contributed by atoms with Crippen molar-refractivity contribution in [2.45, 2.75) is 17.8 Å². The fourth-order valence-corrected chi connectivity index (χ4v) is 3.19. The van der Waals surface area contributed by atoms with Crippen LogP contribution < -0.4 is 5.43 Å². The number of benzene rings is 2. The highest BCUT2D eigenvalue weighted by Gasteiger charge is 2.09. The Morgan fingerprint density at radius 3 is 2.61 bits per heavy atom. The lowest BCUT2D eigenvalue weighted by atomic mass is 10.1. The average Bonchev–Trinajstić information content (AvgIpc) is 3.09. The Morgan fingerprint density at radius 2 is 1.96 bits per heavy atom. The van der Waals surface area contributed by atoms with Crippen LogP contribution in [0, 0.1) is 11.6 Å². The van der Waals surface area contributed by atoms with Crippen LogP contribution in [0.5, 0.6) is 0 Å². The Bertz CT molecular complexity index is 1020. The fourth-order valence-electron chi connectivity index (χ4n) is 2.35. The number of carbonyl (C=O) groups excluding carboxylic acids is 1. The third kappa shape index (κ3) is 4.80. The summed E-state index contributed by atoms with van der Waals surface area (Å²) in [6, 6.07) is 10.2. The zero-order valence-corrected chi connectivity index (χ0v) is 16.0. The van der Waals surface area contributed by atoms with Gasteiger partial charge in [-0.3, -0.25) is 4.79 Å². The molecule has 3 rings (SSSR count). The van der Waals surface area contributed by atoms with Gasteiger partial charge in [-0.05, 0) is 36.8 Å². The molecule has 0 spiro atoms. The first-order valence-electron chi connectivity index (χ1n) is 8.30. The summed E-state index contributed by atoms with van der Waals surface area (Å²) in [7, 11) is 1.87. The van der Waals surface area contributed by atoms with Crippen molar-refractivity contribution in [1.82, 2.24) is 20.2 Å². The molecule has 3 aromatic rings. The second kappa shape index (κ2) is 8.75. The first kappa shape index (κ1) is 19.7. The number of thioether (sulfide) groups is 1. The number of aryl methyl sites for hydroxylation is 1. The zero-order valence-electron chi connectivity index (χ0n) is 15.2. The van der Waals surface area contributed by atoms with Gasteiger partial charge in [0.15, 0.2) is 5.16 Å². The SMILES string of the molecule is C/C(=N/NC(=O)c1ccc(CSc2nncn2C)cc1)c1ccc(F)cc1F. The molecular weight excluding hydrogens is 384 g/mol. The van der Waals surface area contributed by atoms with Crippen molar-refractivity contribution >= 4 is 23.4 Å². The van der Waals surface area contributed by atoms with E-state index in [1.807, 2.05) is 23.7 Å². The first-order chi connectivity index (χ1) is 13.4. The van der Waals surface area contributed by atoms with Crippen LogP contribution in [-0.2, 0) is 12.8 Å². The van der Waals surface area contributed by atoms with Gasteiger partial charge in [0.25, 0.3) is 5.91 Å². The Kier molecular flexibility index (Phi) is 6.15. The molecule has 0 saturated carbocycles. The minimum Gasteiger partial charge on any atom is -0.312 e. The molecule has 28 heavy (non-hydrogen) atoms. The summed E-state index contributed by atoms with van der Waals surface area (Å²) >= 11 is 1.54. The van der Waals surface area contributed by atoms with E-state index in [4.69, 9.17) is 0 Å². The van der Waals surface area contributed by atoms with Crippen molar-refractivity contribution < 1.29 is 13.6 Å². The predicted octanol–water partition coefficient (Wildman–Crippen LogP) is 3.54. The van der Waals surface area contributed by atoms with Crippen molar-refractivity contribution in [1.29, 1.82) is 0 Å². The third-order valence-corrected chi connectivity index (χ3v) is 5.01. The van der Waals surface area contributed by atoms with Crippen LogP contribution in [0.25, 0.3) is 0 Å².